The van der Waals surface area contributed by atoms with Gasteiger partial charge in [0.05, 0.1) is 13.7 Å². The predicted octanol–water partition coefficient (Wildman–Crippen LogP) is 3.47. The molecular formula is C16H21N3O3S. The van der Waals surface area contributed by atoms with E-state index in [0.717, 1.165) is 16.5 Å². The van der Waals surface area contributed by atoms with Gasteiger partial charge < -0.3 is 14.8 Å². The Morgan fingerprint density at radius 3 is 2.52 bits per heavy atom. The second kappa shape index (κ2) is 8.47. The first-order chi connectivity index (χ1) is 11.1. The van der Waals surface area contributed by atoms with E-state index >= 15 is 0 Å². The van der Waals surface area contributed by atoms with Crippen LogP contribution in [-0.4, -0.2) is 29.8 Å². The summed E-state index contributed by atoms with van der Waals surface area (Å²) >= 11 is 1.41. The van der Waals surface area contributed by atoms with Gasteiger partial charge in [0.25, 0.3) is 0 Å². The van der Waals surface area contributed by atoms with Crippen molar-refractivity contribution in [3.8, 4) is 11.5 Å². The van der Waals surface area contributed by atoms with Gasteiger partial charge >= 0.3 is 0 Å². The maximum absolute atomic E-state index is 11.8. The Morgan fingerprint density at radius 2 is 1.91 bits per heavy atom. The molecule has 0 atom stereocenters. The average Bonchev–Trinajstić information content (AvgIpc) is 3.01. The zero-order valence-corrected chi connectivity index (χ0v) is 14.4. The fourth-order valence-electron chi connectivity index (χ4n) is 1.79. The smallest absolute Gasteiger partial charge is 0.226 e. The third kappa shape index (κ3) is 5.52. The summed E-state index contributed by atoms with van der Waals surface area (Å²) in [6.45, 7) is 4.57. The van der Waals surface area contributed by atoms with Gasteiger partial charge in [-0.15, -0.1) is 10.2 Å². The van der Waals surface area contributed by atoms with Crippen LogP contribution in [0.15, 0.2) is 24.3 Å². The molecule has 0 saturated carbocycles. The van der Waals surface area contributed by atoms with Crippen LogP contribution in [0.25, 0.3) is 0 Å². The van der Waals surface area contributed by atoms with Crippen LogP contribution in [0.1, 0.15) is 37.6 Å². The van der Waals surface area contributed by atoms with Crippen molar-refractivity contribution < 1.29 is 14.3 Å². The summed E-state index contributed by atoms with van der Waals surface area (Å²) in [6.07, 6.45) is 1.01. The van der Waals surface area contributed by atoms with Crippen LogP contribution >= 0.6 is 11.3 Å². The molecule has 23 heavy (non-hydrogen) atoms. The Balaban J connectivity index is 1.67. The van der Waals surface area contributed by atoms with E-state index in [2.05, 4.69) is 15.5 Å². The van der Waals surface area contributed by atoms with E-state index < -0.39 is 0 Å². The maximum Gasteiger partial charge on any atom is 0.226 e. The fraction of sp³-hybridized carbons (Fsp3) is 0.438. The van der Waals surface area contributed by atoms with Crippen molar-refractivity contribution in [2.24, 2.45) is 0 Å². The lowest BCUT2D eigenvalue weighted by atomic mass is 10.2. The molecule has 0 saturated heterocycles. The first-order valence-corrected chi connectivity index (χ1v) is 8.30. The third-order valence-electron chi connectivity index (χ3n) is 3.06. The number of ether oxygens (including phenoxy) is 2. The molecule has 2 rings (SSSR count). The van der Waals surface area contributed by atoms with Crippen molar-refractivity contribution in [1.82, 2.24) is 10.2 Å². The van der Waals surface area contributed by atoms with Crippen LogP contribution in [-0.2, 0) is 4.79 Å². The Hall–Kier alpha value is -2.15. The van der Waals surface area contributed by atoms with E-state index in [1.807, 2.05) is 38.1 Å². The molecule has 0 unspecified atom stereocenters. The molecular weight excluding hydrogens is 314 g/mol. The number of nitrogens with one attached hydrogen (secondary N) is 1. The van der Waals surface area contributed by atoms with E-state index in [0.29, 0.717) is 30.5 Å². The van der Waals surface area contributed by atoms with Gasteiger partial charge in [0.15, 0.2) is 0 Å². The maximum atomic E-state index is 11.8. The van der Waals surface area contributed by atoms with E-state index in [9.17, 15) is 4.79 Å². The van der Waals surface area contributed by atoms with Gasteiger partial charge in [-0.05, 0) is 30.7 Å². The van der Waals surface area contributed by atoms with Gasteiger partial charge in [-0.2, -0.15) is 0 Å². The summed E-state index contributed by atoms with van der Waals surface area (Å²) in [5, 5.41) is 12.2. The molecule has 1 aromatic heterocycles. The highest BCUT2D eigenvalue weighted by Gasteiger charge is 2.10. The number of hydrogen-bond donors (Lipinski definition) is 1. The number of carbonyl (C=O) groups is 1. The Bertz CT molecular complexity index is 626. The van der Waals surface area contributed by atoms with Gasteiger partial charge in [0.2, 0.25) is 11.0 Å². The molecule has 0 aliphatic rings. The molecule has 0 bridgehead atoms. The molecule has 6 nitrogen and oxygen atoms in total. The SMILES string of the molecule is COc1ccc(OCCCC(=O)Nc2nnc(C(C)C)s2)cc1. The normalized spacial score (nSPS) is 10.6. The van der Waals surface area contributed by atoms with Crippen LogP contribution < -0.4 is 14.8 Å². The standard InChI is InChI=1S/C16H21N3O3S/c1-11(2)15-18-19-16(23-15)17-14(20)5-4-10-22-13-8-6-12(21-3)7-9-13/h6-9,11H,4-5,10H2,1-3H3,(H,17,19,20). The molecule has 1 heterocycles. The third-order valence-corrected chi connectivity index (χ3v) is 4.20. The minimum atomic E-state index is -0.0743. The van der Waals surface area contributed by atoms with E-state index in [1.54, 1.807) is 7.11 Å². The number of rotatable bonds is 8. The average molecular weight is 335 g/mol. The lowest BCUT2D eigenvalue weighted by Crippen LogP contribution is -2.12. The van der Waals surface area contributed by atoms with Crippen LogP contribution in [0.3, 0.4) is 0 Å². The number of methoxy groups -OCH3 is 1. The molecule has 124 valence electrons. The largest absolute Gasteiger partial charge is 0.497 e. The molecule has 0 fully saturated rings. The fourth-order valence-corrected chi connectivity index (χ4v) is 2.56. The summed E-state index contributed by atoms with van der Waals surface area (Å²) in [6, 6.07) is 7.36. The molecule has 1 amide bonds. The van der Waals surface area contributed by atoms with Crippen LogP contribution in [0, 0.1) is 0 Å². The number of amides is 1. The van der Waals surface area contributed by atoms with Crippen molar-refractivity contribution in [3.63, 3.8) is 0 Å². The Kier molecular flexibility index (Phi) is 6.34. The van der Waals surface area contributed by atoms with Crippen molar-refractivity contribution in [2.45, 2.75) is 32.6 Å². The van der Waals surface area contributed by atoms with Crippen molar-refractivity contribution in [3.05, 3.63) is 29.3 Å². The number of aromatic nitrogens is 2. The van der Waals surface area contributed by atoms with Gasteiger partial charge in [0, 0.05) is 12.3 Å². The topological polar surface area (TPSA) is 73.3 Å². The highest BCUT2D eigenvalue weighted by molar-refractivity contribution is 7.15. The zero-order chi connectivity index (χ0) is 16.7. The quantitative estimate of drug-likeness (QED) is 0.748. The lowest BCUT2D eigenvalue weighted by Gasteiger charge is -2.06. The molecule has 0 radical (unpaired) electrons. The van der Waals surface area contributed by atoms with Gasteiger partial charge in [-0.25, -0.2) is 0 Å². The van der Waals surface area contributed by atoms with Crippen LogP contribution in [0.4, 0.5) is 5.13 Å². The van der Waals surface area contributed by atoms with Crippen molar-refractivity contribution in [2.75, 3.05) is 19.0 Å². The predicted molar refractivity (Wildman–Crippen MR) is 90.4 cm³/mol. The number of anilines is 1. The summed E-state index contributed by atoms with van der Waals surface area (Å²) in [7, 11) is 1.62. The molecule has 0 aliphatic heterocycles. The summed E-state index contributed by atoms with van der Waals surface area (Å²) in [4.78, 5) is 11.8. The van der Waals surface area contributed by atoms with Gasteiger partial charge in [0.1, 0.15) is 16.5 Å². The highest BCUT2D eigenvalue weighted by atomic mass is 32.1. The van der Waals surface area contributed by atoms with Crippen molar-refractivity contribution in [1.29, 1.82) is 0 Å². The Labute approximate surface area is 139 Å². The number of benzene rings is 1. The zero-order valence-electron chi connectivity index (χ0n) is 13.5. The van der Waals surface area contributed by atoms with Crippen LogP contribution in [0.2, 0.25) is 0 Å². The second-order valence-electron chi connectivity index (χ2n) is 5.28. The molecule has 0 spiro atoms. The number of nitrogens with zero attached hydrogens (tertiary/aromatic N) is 2. The first-order valence-electron chi connectivity index (χ1n) is 7.48. The summed E-state index contributed by atoms with van der Waals surface area (Å²) < 4.78 is 10.7. The monoisotopic (exact) mass is 335 g/mol. The van der Waals surface area contributed by atoms with Gasteiger partial charge in [-0.1, -0.05) is 25.2 Å². The highest BCUT2D eigenvalue weighted by Crippen LogP contribution is 2.22. The lowest BCUT2D eigenvalue weighted by molar-refractivity contribution is -0.116. The first kappa shape index (κ1) is 17.2. The molecule has 1 N–H and O–H groups in total. The van der Waals surface area contributed by atoms with E-state index in [-0.39, 0.29) is 5.91 Å². The molecule has 1 aromatic carbocycles. The molecule has 2 aromatic rings. The number of hydrogen-bond acceptors (Lipinski definition) is 6. The van der Waals surface area contributed by atoms with Crippen molar-refractivity contribution >= 4 is 22.4 Å². The van der Waals surface area contributed by atoms with Crippen LogP contribution in [0.5, 0.6) is 11.5 Å². The number of carbonyl (C=O) groups excluding carboxylic acids is 1. The molecule has 0 aliphatic carbocycles. The summed E-state index contributed by atoms with van der Waals surface area (Å²) in [5.74, 6) is 1.79. The van der Waals surface area contributed by atoms with Gasteiger partial charge in [-0.3, -0.25) is 4.79 Å². The minimum Gasteiger partial charge on any atom is -0.497 e. The molecule has 7 heteroatoms. The Morgan fingerprint density at radius 1 is 1.22 bits per heavy atom. The minimum absolute atomic E-state index is 0.0743. The van der Waals surface area contributed by atoms with E-state index in [4.69, 9.17) is 9.47 Å². The summed E-state index contributed by atoms with van der Waals surface area (Å²) in [5.41, 5.74) is 0. The second-order valence-corrected chi connectivity index (χ2v) is 6.28. The van der Waals surface area contributed by atoms with E-state index in [1.165, 1.54) is 11.3 Å².